The SMILES string of the molecule is CCCC1CC1CC(C)CC(C)S. The summed E-state index contributed by atoms with van der Waals surface area (Å²) in [4.78, 5) is 0. The van der Waals surface area contributed by atoms with Crippen LogP contribution < -0.4 is 0 Å². The average molecular weight is 200 g/mol. The second-order valence-corrected chi connectivity index (χ2v) is 5.85. The Hall–Kier alpha value is 0.350. The molecule has 0 saturated heterocycles. The van der Waals surface area contributed by atoms with Crippen molar-refractivity contribution in [2.24, 2.45) is 17.8 Å². The molecule has 0 N–H and O–H groups in total. The molecule has 0 aromatic carbocycles. The topological polar surface area (TPSA) is 0 Å². The molecule has 0 aromatic heterocycles. The summed E-state index contributed by atoms with van der Waals surface area (Å²) in [5.41, 5.74) is 0. The molecular formula is C12H24S. The molecular weight excluding hydrogens is 176 g/mol. The molecule has 1 fully saturated rings. The Morgan fingerprint density at radius 3 is 2.54 bits per heavy atom. The van der Waals surface area contributed by atoms with Gasteiger partial charge in [0.2, 0.25) is 0 Å². The van der Waals surface area contributed by atoms with Crippen molar-refractivity contribution in [3.63, 3.8) is 0 Å². The van der Waals surface area contributed by atoms with E-state index in [0.717, 1.165) is 17.8 Å². The van der Waals surface area contributed by atoms with Gasteiger partial charge in [-0.3, -0.25) is 0 Å². The van der Waals surface area contributed by atoms with Crippen molar-refractivity contribution in [1.82, 2.24) is 0 Å². The fourth-order valence-electron chi connectivity index (χ4n) is 2.52. The van der Waals surface area contributed by atoms with Crippen molar-refractivity contribution < 1.29 is 0 Å². The molecule has 0 aliphatic heterocycles. The summed E-state index contributed by atoms with van der Waals surface area (Å²) in [6.45, 7) is 6.89. The van der Waals surface area contributed by atoms with Gasteiger partial charge >= 0.3 is 0 Å². The Morgan fingerprint density at radius 1 is 1.31 bits per heavy atom. The molecule has 0 bridgehead atoms. The van der Waals surface area contributed by atoms with Crippen molar-refractivity contribution in [2.75, 3.05) is 0 Å². The van der Waals surface area contributed by atoms with E-state index >= 15 is 0 Å². The molecule has 0 amide bonds. The van der Waals surface area contributed by atoms with Crippen LogP contribution in [0.5, 0.6) is 0 Å². The Bertz CT molecular complexity index is 142. The third-order valence-corrected chi connectivity index (χ3v) is 3.39. The van der Waals surface area contributed by atoms with Crippen molar-refractivity contribution >= 4 is 12.6 Å². The zero-order valence-electron chi connectivity index (χ0n) is 9.29. The molecule has 0 radical (unpaired) electrons. The first kappa shape index (κ1) is 11.4. The third kappa shape index (κ3) is 4.39. The molecule has 78 valence electrons. The minimum Gasteiger partial charge on any atom is -0.176 e. The van der Waals surface area contributed by atoms with Crippen LogP contribution in [0.3, 0.4) is 0 Å². The fraction of sp³-hybridized carbons (Fsp3) is 1.00. The second-order valence-electron chi connectivity index (χ2n) is 4.97. The quantitative estimate of drug-likeness (QED) is 0.612. The van der Waals surface area contributed by atoms with Gasteiger partial charge in [-0.15, -0.1) is 0 Å². The maximum absolute atomic E-state index is 4.44. The fourth-order valence-corrected chi connectivity index (χ4v) is 2.88. The largest absolute Gasteiger partial charge is 0.176 e. The van der Waals surface area contributed by atoms with Crippen LogP contribution in [0.4, 0.5) is 0 Å². The predicted octanol–water partition coefficient (Wildman–Crippen LogP) is 4.16. The van der Waals surface area contributed by atoms with Crippen LogP contribution in [0.1, 0.15) is 52.9 Å². The van der Waals surface area contributed by atoms with E-state index in [1.54, 1.807) is 0 Å². The zero-order valence-corrected chi connectivity index (χ0v) is 10.2. The Morgan fingerprint density at radius 2 is 2.00 bits per heavy atom. The number of rotatable bonds is 6. The molecule has 0 heterocycles. The number of hydrogen-bond acceptors (Lipinski definition) is 1. The monoisotopic (exact) mass is 200 g/mol. The highest BCUT2D eigenvalue weighted by atomic mass is 32.1. The lowest BCUT2D eigenvalue weighted by Gasteiger charge is -2.12. The van der Waals surface area contributed by atoms with Gasteiger partial charge in [-0.1, -0.05) is 33.6 Å². The molecule has 0 spiro atoms. The van der Waals surface area contributed by atoms with Crippen LogP contribution >= 0.6 is 12.6 Å². The lowest BCUT2D eigenvalue weighted by Crippen LogP contribution is -2.03. The summed E-state index contributed by atoms with van der Waals surface area (Å²) in [7, 11) is 0. The molecule has 1 heteroatoms. The summed E-state index contributed by atoms with van der Waals surface area (Å²) < 4.78 is 0. The van der Waals surface area contributed by atoms with Crippen LogP contribution in [-0.4, -0.2) is 5.25 Å². The van der Waals surface area contributed by atoms with Crippen LogP contribution in [-0.2, 0) is 0 Å². The van der Waals surface area contributed by atoms with E-state index < -0.39 is 0 Å². The molecule has 1 aliphatic carbocycles. The highest BCUT2D eigenvalue weighted by molar-refractivity contribution is 7.80. The minimum atomic E-state index is 0.582. The van der Waals surface area contributed by atoms with Crippen LogP contribution in [0.15, 0.2) is 0 Å². The van der Waals surface area contributed by atoms with E-state index in [1.807, 2.05) is 0 Å². The first-order chi connectivity index (χ1) is 6.13. The lowest BCUT2D eigenvalue weighted by atomic mass is 9.98. The Labute approximate surface area is 88.9 Å². The summed E-state index contributed by atoms with van der Waals surface area (Å²) in [5, 5.41) is 0.582. The zero-order chi connectivity index (χ0) is 9.84. The molecule has 0 aromatic rings. The van der Waals surface area contributed by atoms with E-state index in [9.17, 15) is 0 Å². The number of thiol groups is 1. The molecule has 13 heavy (non-hydrogen) atoms. The van der Waals surface area contributed by atoms with Gasteiger partial charge in [-0.25, -0.2) is 0 Å². The predicted molar refractivity (Wildman–Crippen MR) is 63.4 cm³/mol. The Kier molecular flexibility index (Phi) is 4.64. The van der Waals surface area contributed by atoms with Gasteiger partial charge in [0, 0.05) is 0 Å². The normalized spacial score (nSPS) is 31.4. The lowest BCUT2D eigenvalue weighted by molar-refractivity contribution is 0.442. The first-order valence-electron chi connectivity index (χ1n) is 5.81. The van der Waals surface area contributed by atoms with E-state index in [2.05, 4.69) is 33.4 Å². The summed E-state index contributed by atoms with van der Waals surface area (Å²) in [6.07, 6.45) is 7.10. The van der Waals surface area contributed by atoms with Crippen LogP contribution in [0, 0.1) is 17.8 Å². The third-order valence-electron chi connectivity index (χ3n) is 3.18. The van der Waals surface area contributed by atoms with Gasteiger partial charge < -0.3 is 0 Å². The highest BCUT2D eigenvalue weighted by Gasteiger charge is 2.36. The maximum Gasteiger partial charge on any atom is -0.000905 e. The molecule has 4 atom stereocenters. The summed E-state index contributed by atoms with van der Waals surface area (Å²) >= 11 is 4.44. The van der Waals surface area contributed by atoms with Gasteiger partial charge in [0.15, 0.2) is 0 Å². The average Bonchev–Trinajstić information content (AvgIpc) is 2.66. The maximum atomic E-state index is 4.44. The molecule has 4 unspecified atom stereocenters. The van der Waals surface area contributed by atoms with Gasteiger partial charge in [0.25, 0.3) is 0 Å². The molecule has 1 saturated carbocycles. The van der Waals surface area contributed by atoms with Gasteiger partial charge in [-0.05, 0) is 42.3 Å². The van der Waals surface area contributed by atoms with E-state index in [4.69, 9.17) is 0 Å². The number of hydrogen-bond donors (Lipinski definition) is 1. The van der Waals surface area contributed by atoms with E-state index in [-0.39, 0.29) is 0 Å². The first-order valence-corrected chi connectivity index (χ1v) is 6.33. The van der Waals surface area contributed by atoms with E-state index in [1.165, 1.54) is 32.1 Å². The Balaban J connectivity index is 2.06. The van der Waals surface area contributed by atoms with Gasteiger partial charge in [0.05, 0.1) is 0 Å². The van der Waals surface area contributed by atoms with Crippen molar-refractivity contribution in [3.8, 4) is 0 Å². The van der Waals surface area contributed by atoms with Crippen molar-refractivity contribution in [1.29, 1.82) is 0 Å². The smallest absolute Gasteiger partial charge is 0.000905 e. The van der Waals surface area contributed by atoms with Crippen molar-refractivity contribution in [2.45, 2.75) is 58.1 Å². The van der Waals surface area contributed by atoms with Crippen LogP contribution in [0.25, 0.3) is 0 Å². The van der Waals surface area contributed by atoms with Gasteiger partial charge in [-0.2, -0.15) is 12.6 Å². The van der Waals surface area contributed by atoms with Crippen LogP contribution in [0.2, 0.25) is 0 Å². The van der Waals surface area contributed by atoms with E-state index in [0.29, 0.717) is 5.25 Å². The van der Waals surface area contributed by atoms with Gasteiger partial charge in [0.1, 0.15) is 0 Å². The second kappa shape index (κ2) is 5.29. The summed E-state index contributed by atoms with van der Waals surface area (Å²) in [6, 6.07) is 0. The highest BCUT2D eigenvalue weighted by Crippen LogP contribution is 2.46. The molecule has 1 aliphatic rings. The van der Waals surface area contributed by atoms with Crippen molar-refractivity contribution in [3.05, 3.63) is 0 Å². The molecule has 1 rings (SSSR count). The standard InChI is InChI=1S/C12H24S/c1-4-5-11-8-12(11)7-9(2)6-10(3)13/h9-13H,4-8H2,1-3H3. The molecule has 0 nitrogen and oxygen atoms in total. The minimum absolute atomic E-state index is 0.582. The summed E-state index contributed by atoms with van der Waals surface area (Å²) in [5.74, 6) is 3.05.